The Morgan fingerprint density at radius 3 is 2.21 bits per heavy atom. The van der Waals surface area contributed by atoms with Crippen molar-refractivity contribution in [2.75, 3.05) is 0 Å². The number of nitriles is 1. The zero-order valence-corrected chi connectivity index (χ0v) is 24.0. The van der Waals surface area contributed by atoms with Gasteiger partial charge in [-0.05, 0) is 92.4 Å². The molecule has 0 radical (unpaired) electrons. The van der Waals surface area contributed by atoms with E-state index in [0.29, 0.717) is 17.7 Å². The molecule has 5 aromatic carbocycles. The molecule has 0 aliphatic heterocycles. The third-order valence-electron chi connectivity index (χ3n) is 8.87. The van der Waals surface area contributed by atoms with Crippen LogP contribution in [0.5, 0.6) is 0 Å². The van der Waals surface area contributed by atoms with Crippen molar-refractivity contribution in [1.29, 1.82) is 5.26 Å². The number of allylic oxidation sites excluding steroid dienone is 6. The summed E-state index contributed by atoms with van der Waals surface area (Å²) >= 11 is 0. The maximum Gasteiger partial charge on any atom is 0.101 e. The van der Waals surface area contributed by atoms with Gasteiger partial charge in [-0.15, -0.1) is 0 Å². The highest BCUT2D eigenvalue weighted by Crippen LogP contribution is 2.63. The van der Waals surface area contributed by atoms with E-state index < -0.39 is 5.41 Å². The predicted molar refractivity (Wildman–Crippen MR) is 178 cm³/mol. The lowest BCUT2D eigenvalue weighted by atomic mass is 9.70. The lowest BCUT2D eigenvalue weighted by Gasteiger charge is -2.30. The maximum absolute atomic E-state index is 9.12. The fourth-order valence-electron chi connectivity index (χ4n) is 7.05. The molecule has 2 aliphatic carbocycles. The molecule has 7 rings (SSSR count). The van der Waals surface area contributed by atoms with Crippen LogP contribution in [0.25, 0.3) is 38.7 Å². The van der Waals surface area contributed by atoms with Crippen LogP contribution in [0.2, 0.25) is 0 Å². The second-order valence-electron chi connectivity index (χ2n) is 11.3. The topological polar surface area (TPSA) is 75.8 Å². The Morgan fingerprint density at radius 1 is 0.791 bits per heavy atom. The van der Waals surface area contributed by atoms with Crippen molar-refractivity contribution >= 4 is 16.5 Å². The van der Waals surface area contributed by atoms with Gasteiger partial charge in [0.05, 0.1) is 11.0 Å². The molecule has 0 fully saturated rings. The third kappa shape index (κ3) is 3.95. The highest BCUT2D eigenvalue weighted by atomic mass is 14.6. The van der Waals surface area contributed by atoms with E-state index in [4.69, 9.17) is 16.7 Å². The molecule has 0 unspecified atom stereocenters. The van der Waals surface area contributed by atoms with E-state index >= 15 is 0 Å². The molecular weight excluding hydrogens is 522 g/mol. The van der Waals surface area contributed by atoms with Crippen molar-refractivity contribution in [2.24, 2.45) is 11.5 Å². The van der Waals surface area contributed by atoms with Crippen LogP contribution in [-0.4, -0.2) is 0 Å². The van der Waals surface area contributed by atoms with Crippen LogP contribution >= 0.6 is 0 Å². The fraction of sp³-hybridized carbons (Fsp3) is 0.0750. The zero-order valence-electron chi connectivity index (χ0n) is 24.0. The van der Waals surface area contributed by atoms with Gasteiger partial charge in [0.1, 0.15) is 6.07 Å². The first-order valence-corrected chi connectivity index (χ1v) is 14.6. The molecule has 0 aromatic heterocycles. The SMILES string of the molecule is C/C(=C\C(C#N)=C/N)C/C=C\C=C(/N)c1ccc2c(c1)C1(c3ccccc3-c3ccccc31)c1ccc3ccccc3c1-2. The molecule has 0 bridgehead atoms. The second-order valence-corrected chi connectivity index (χ2v) is 11.3. The van der Waals surface area contributed by atoms with Crippen LogP contribution in [0.4, 0.5) is 0 Å². The Balaban J connectivity index is 1.40. The number of hydrogen-bond acceptors (Lipinski definition) is 3. The zero-order chi connectivity index (χ0) is 29.6. The number of hydrogen-bond donors (Lipinski definition) is 2. The first kappa shape index (κ1) is 26.3. The Morgan fingerprint density at radius 2 is 1.49 bits per heavy atom. The molecule has 0 saturated carbocycles. The Kier molecular flexibility index (Phi) is 6.34. The van der Waals surface area contributed by atoms with E-state index in [1.807, 2.05) is 25.2 Å². The van der Waals surface area contributed by atoms with Crippen LogP contribution in [0, 0.1) is 11.3 Å². The van der Waals surface area contributed by atoms with Crippen molar-refractivity contribution in [3.8, 4) is 28.3 Å². The van der Waals surface area contributed by atoms with Crippen LogP contribution < -0.4 is 11.5 Å². The molecule has 0 atom stereocenters. The minimum Gasteiger partial charge on any atom is -0.404 e. The lowest BCUT2D eigenvalue weighted by molar-refractivity contribution is 0.794. The summed E-state index contributed by atoms with van der Waals surface area (Å²) in [4.78, 5) is 0. The third-order valence-corrected chi connectivity index (χ3v) is 8.87. The molecule has 1 spiro atoms. The highest BCUT2D eigenvalue weighted by Gasteiger charge is 2.51. The van der Waals surface area contributed by atoms with Crippen molar-refractivity contribution in [1.82, 2.24) is 0 Å². The van der Waals surface area contributed by atoms with Crippen molar-refractivity contribution < 1.29 is 0 Å². The summed E-state index contributed by atoms with van der Waals surface area (Å²) in [5.74, 6) is 0. The van der Waals surface area contributed by atoms with E-state index in [9.17, 15) is 0 Å². The van der Waals surface area contributed by atoms with Crippen LogP contribution in [0.15, 0.2) is 145 Å². The van der Waals surface area contributed by atoms with Crippen molar-refractivity contribution in [3.63, 3.8) is 0 Å². The predicted octanol–water partition coefficient (Wildman–Crippen LogP) is 8.74. The van der Waals surface area contributed by atoms with Gasteiger partial charge in [0.2, 0.25) is 0 Å². The molecule has 4 N–H and O–H groups in total. The largest absolute Gasteiger partial charge is 0.404 e. The fourth-order valence-corrected chi connectivity index (χ4v) is 7.05. The van der Waals surface area contributed by atoms with E-state index in [1.165, 1.54) is 61.5 Å². The maximum atomic E-state index is 9.12. The summed E-state index contributed by atoms with van der Waals surface area (Å²) in [6.07, 6.45) is 9.82. The van der Waals surface area contributed by atoms with Gasteiger partial charge in [-0.3, -0.25) is 0 Å². The molecule has 0 heterocycles. The van der Waals surface area contributed by atoms with E-state index in [2.05, 4.69) is 109 Å². The average molecular weight is 554 g/mol. The van der Waals surface area contributed by atoms with Gasteiger partial charge >= 0.3 is 0 Å². The summed E-state index contributed by atoms with van der Waals surface area (Å²) in [5.41, 5.74) is 25.4. The summed E-state index contributed by atoms with van der Waals surface area (Å²) in [6.45, 7) is 1.98. The number of nitrogens with two attached hydrogens (primary N) is 2. The second kappa shape index (κ2) is 10.4. The molecule has 5 aromatic rings. The van der Waals surface area contributed by atoms with Crippen LogP contribution in [0.1, 0.15) is 41.2 Å². The minimum absolute atomic E-state index is 0.426. The monoisotopic (exact) mass is 553 g/mol. The molecule has 43 heavy (non-hydrogen) atoms. The van der Waals surface area contributed by atoms with Gasteiger partial charge in [0.25, 0.3) is 0 Å². The highest BCUT2D eigenvalue weighted by molar-refractivity contribution is 6.06. The van der Waals surface area contributed by atoms with Gasteiger partial charge in [0, 0.05) is 11.9 Å². The smallest absolute Gasteiger partial charge is 0.101 e. The van der Waals surface area contributed by atoms with Gasteiger partial charge in [-0.1, -0.05) is 115 Å². The standard InChI is InChI=1S/C40H31N3/c1-26(22-27(24-41)25-42)10-2-9-17-38(43)29-18-20-33-37(23-29)40(36-21-19-28-11-3-4-12-30(28)39(33)36)34-15-7-5-13-31(34)32-14-6-8-16-35(32)40/h2-9,11-24H,10,41,43H2,1H3/b9-2-,26-22+,27-24+,38-17-. The van der Waals surface area contributed by atoms with Crippen molar-refractivity contribution in [3.05, 3.63) is 173 Å². The summed E-state index contributed by atoms with van der Waals surface area (Å²) in [5, 5.41) is 11.6. The summed E-state index contributed by atoms with van der Waals surface area (Å²) in [6, 6.07) is 39.8. The molecule has 3 heteroatoms. The number of benzene rings is 5. The Bertz CT molecular complexity index is 2050. The van der Waals surface area contributed by atoms with Gasteiger partial charge in [0.15, 0.2) is 0 Å². The van der Waals surface area contributed by atoms with E-state index in [0.717, 1.165) is 11.1 Å². The molecule has 0 saturated heterocycles. The summed E-state index contributed by atoms with van der Waals surface area (Å²) in [7, 11) is 0. The van der Waals surface area contributed by atoms with E-state index in [-0.39, 0.29) is 0 Å². The molecular formula is C40H31N3. The minimum atomic E-state index is -0.426. The lowest BCUT2D eigenvalue weighted by Crippen LogP contribution is -2.26. The quantitative estimate of drug-likeness (QED) is 0.165. The number of rotatable bonds is 5. The molecule has 0 amide bonds. The Hall–Kier alpha value is -5.59. The van der Waals surface area contributed by atoms with E-state index in [1.54, 1.807) is 6.08 Å². The first-order chi connectivity index (χ1) is 21.1. The molecule has 206 valence electrons. The molecule has 3 nitrogen and oxygen atoms in total. The Labute approximate surface area is 252 Å². The van der Waals surface area contributed by atoms with Crippen LogP contribution in [0.3, 0.4) is 0 Å². The van der Waals surface area contributed by atoms with Crippen molar-refractivity contribution in [2.45, 2.75) is 18.8 Å². The summed E-state index contributed by atoms with van der Waals surface area (Å²) < 4.78 is 0. The van der Waals surface area contributed by atoms with Gasteiger partial charge in [-0.25, -0.2) is 0 Å². The van der Waals surface area contributed by atoms with Crippen LogP contribution in [-0.2, 0) is 5.41 Å². The number of nitrogens with zero attached hydrogens (tertiary/aromatic N) is 1. The number of fused-ring (bicyclic) bond motifs is 12. The first-order valence-electron chi connectivity index (χ1n) is 14.6. The van der Waals surface area contributed by atoms with Gasteiger partial charge < -0.3 is 11.5 Å². The van der Waals surface area contributed by atoms with Gasteiger partial charge in [-0.2, -0.15) is 5.26 Å². The average Bonchev–Trinajstić information content (AvgIpc) is 3.52. The normalized spacial score (nSPS) is 14.9. The molecule has 2 aliphatic rings.